The number of hydrogen-bond donors (Lipinski definition) is 1. The van der Waals surface area contributed by atoms with Gasteiger partial charge in [-0.05, 0) is 25.5 Å². The zero-order valence-corrected chi connectivity index (χ0v) is 13.0. The quantitative estimate of drug-likeness (QED) is 0.669. The lowest BCUT2D eigenvalue weighted by Gasteiger charge is -2.00. The van der Waals surface area contributed by atoms with Gasteiger partial charge in [-0.2, -0.15) is 0 Å². The summed E-state index contributed by atoms with van der Waals surface area (Å²) in [6.07, 6.45) is -0.0575. The third kappa shape index (κ3) is 4.02. The van der Waals surface area contributed by atoms with Crippen LogP contribution < -0.4 is 0 Å². The van der Waals surface area contributed by atoms with E-state index in [0.717, 1.165) is 10.5 Å². The molecule has 0 aliphatic heterocycles. The molecular weight excluding hydrogens is 312 g/mol. The average molecular weight is 324 g/mol. The molecule has 1 aromatic carbocycles. The van der Waals surface area contributed by atoms with Gasteiger partial charge in [0.15, 0.2) is 4.34 Å². The number of hydrogen-bond acceptors (Lipinski definition) is 6. The first-order chi connectivity index (χ1) is 9.85. The summed E-state index contributed by atoms with van der Waals surface area (Å²) >= 11 is 2.61. The number of nitro benzene ring substituents is 1. The van der Waals surface area contributed by atoms with E-state index in [4.69, 9.17) is 5.11 Å². The van der Waals surface area contributed by atoms with Gasteiger partial charge in [0.2, 0.25) is 0 Å². The molecule has 0 radical (unpaired) electrons. The molecule has 1 aromatic heterocycles. The Balaban J connectivity index is 2.26. The van der Waals surface area contributed by atoms with Crippen LogP contribution in [0, 0.1) is 24.0 Å². The summed E-state index contributed by atoms with van der Waals surface area (Å²) in [7, 11) is 0. The average Bonchev–Trinajstić information content (AvgIpc) is 2.67. The van der Waals surface area contributed by atoms with E-state index in [0.29, 0.717) is 14.9 Å². The van der Waals surface area contributed by atoms with Crippen LogP contribution in [0.15, 0.2) is 27.4 Å². The second kappa shape index (κ2) is 6.23. The Kier molecular flexibility index (Phi) is 4.59. The molecule has 21 heavy (non-hydrogen) atoms. The largest absolute Gasteiger partial charge is 0.481 e. The molecule has 1 heterocycles. The standard InChI is InChI=1S/C13H12N2O4S2/c1-7-3-9(15(18)19)5-10(4-7)20-13-14-8(2)11(21-13)6-12(16)17/h3-5H,6H2,1-2H3,(H,16,17). The smallest absolute Gasteiger partial charge is 0.308 e. The van der Waals surface area contributed by atoms with Gasteiger partial charge >= 0.3 is 5.97 Å². The number of nitro groups is 1. The van der Waals surface area contributed by atoms with Gasteiger partial charge in [-0.1, -0.05) is 11.8 Å². The molecule has 0 saturated carbocycles. The Morgan fingerprint density at radius 3 is 2.76 bits per heavy atom. The first kappa shape index (κ1) is 15.5. The summed E-state index contributed by atoms with van der Waals surface area (Å²) in [5.41, 5.74) is 1.52. The van der Waals surface area contributed by atoms with Gasteiger partial charge < -0.3 is 5.11 Å². The molecule has 0 atom stereocenters. The molecule has 0 aliphatic carbocycles. The van der Waals surface area contributed by atoms with Crippen molar-refractivity contribution in [2.75, 3.05) is 0 Å². The molecular formula is C13H12N2O4S2. The van der Waals surface area contributed by atoms with Crippen molar-refractivity contribution in [2.45, 2.75) is 29.5 Å². The first-order valence-corrected chi connectivity index (χ1v) is 7.60. The van der Waals surface area contributed by atoms with Gasteiger partial charge in [-0.3, -0.25) is 14.9 Å². The molecule has 8 heteroatoms. The third-order valence-corrected chi connectivity index (χ3v) is 4.83. The van der Waals surface area contributed by atoms with E-state index in [2.05, 4.69) is 4.98 Å². The number of thiazole rings is 1. The van der Waals surface area contributed by atoms with Gasteiger partial charge in [0.05, 0.1) is 17.0 Å². The van der Waals surface area contributed by atoms with Crippen molar-refractivity contribution >= 4 is 34.8 Å². The summed E-state index contributed by atoms with van der Waals surface area (Å²) in [6.45, 7) is 3.55. The summed E-state index contributed by atoms with van der Waals surface area (Å²) in [5, 5.41) is 19.7. The molecule has 0 aliphatic rings. The molecule has 0 unspecified atom stereocenters. The topological polar surface area (TPSA) is 93.3 Å². The van der Waals surface area contributed by atoms with Crippen LogP contribution in [0.4, 0.5) is 5.69 Å². The molecule has 0 bridgehead atoms. The second-order valence-electron chi connectivity index (χ2n) is 4.42. The number of non-ortho nitro benzene ring substituents is 1. The Morgan fingerprint density at radius 1 is 1.43 bits per heavy atom. The number of aliphatic carboxylic acids is 1. The molecule has 2 aromatic rings. The van der Waals surface area contributed by atoms with Crippen LogP contribution in [0.5, 0.6) is 0 Å². The minimum Gasteiger partial charge on any atom is -0.481 e. The van der Waals surface area contributed by atoms with Crippen LogP contribution in [0.3, 0.4) is 0 Å². The molecule has 0 saturated heterocycles. The predicted octanol–water partition coefficient (Wildman–Crippen LogP) is 3.45. The number of carbonyl (C=O) groups is 1. The molecule has 0 fully saturated rings. The maximum Gasteiger partial charge on any atom is 0.308 e. The lowest BCUT2D eigenvalue weighted by Crippen LogP contribution is -1.99. The van der Waals surface area contributed by atoms with Crippen molar-refractivity contribution in [2.24, 2.45) is 0 Å². The molecule has 0 amide bonds. The van der Waals surface area contributed by atoms with Gasteiger partial charge in [0, 0.05) is 21.9 Å². The first-order valence-electron chi connectivity index (χ1n) is 5.97. The predicted molar refractivity (Wildman–Crippen MR) is 80.1 cm³/mol. The second-order valence-corrected chi connectivity index (χ2v) is 6.83. The summed E-state index contributed by atoms with van der Waals surface area (Å²) < 4.78 is 0.684. The number of rotatable bonds is 5. The van der Waals surface area contributed by atoms with Crippen LogP contribution in [0.2, 0.25) is 0 Å². The van der Waals surface area contributed by atoms with Gasteiger partial charge in [-0.25, -0.2) is 4.98 Å². The van der Waals surface area contributed by atoms with E-state index in [1.165, 1.54) is 35.2 Å². The normalized spacial score (nSPS) is 10.6. The number of aryl methyl sites for hydroxylation is 2. The maximum atomic E-state index is 10.9. The number of nitrogens with zero attached hydrogens (tertiary/aromatic N) is 2. The van der Waals surface area contributed by atoms with E-state index in [1.807, 2.05) is 6.07 Å². The van der Waals surface area contributed by atoms with E-state index >= 15 is 0 Å². The van der Waals surface area contributed by atoms with Crippen LogP contribution in [-0.2, 0) is 11.2 Å². The fraction of sp³-hybridized carbons (Fsp3) is 0.231. The highest BCUT2D eigenvalue weighted by atomic mass is 32.2. The number of carboxylic acid groups (broad SMARTS) is 1. The zero-order chi connectivity index (χ0) is 15.6. The molecule has 2 rings (SSSR count). The summed E-state index contributed by atoms with van der Waals surface area (Å²) in [5.74, 6) is -0.899. The Labute approximate surface area is 129 Å². The molecule has 6 nitrogen and oxygen atoms in total. The van der Waals surface area contributed by atoms with Crippen molar-refractivity contribution in [3.8, 4) is 0 Å². The van der Waals surface area contributed by atoms with E-state index < -0.39 is 10.9 Å². The number of aromatic nitrogens is 1. The third-order valence-electron chi connectivity index (χ3n) is 2.64. The number of carboxylic acids is 1. The van der Waals surface area contributed by atoms with E-state index in [9.17, 15) is 14.9 Å². The van der Waals surface area contributed by atoms with Crippen molar-refractivity contribution in [1.29, 1.82) is 0 Å². The highest BCUT2D eigenvalue weighted by molar-refractivity contribution is 8.01. The van der Waals surface area contributed by atoms with Crippen LogP contribution in [0.1, 0.15) is 16.1 Å². The number of benzene rings is 1. The summed E-state index contributed by atoms with van der Waals surface area (Å²) in [6, 6.07) is 4.84. The Morgan fingerprint density at radius 2 is 2.14 bits per heavy atom. The lowest BCUT2D eigenvalue weighted by molar-refractivity contribution is -0.385. The van der Waals surface area contributed by atoms with Gasteiger partial charge in [-0.15, -0.1) is 11.3 Å². The Hall–Kier alpha value is -1.93. The zero-order valence-electron chi connectivity index (χ0n) is 11.3. The van der Waals surface area contributed by atoms with Crippen molar-refractivity contribution in [3.63, 3.8) is 0 Å². The minimum atomic E-state index is -0.899. The fourth-order valence-corrected chi connectivity index (χ4v) is 4.09. The van der Waals surface area contributed by atoms with Gasteiger partial charge in [0.1, 0.15) is 0 Å². The van der Waals surface area contributed by atoms with E-state index in [1.54, 1.807) is 13.8 Å². The molecule has 110 valence electrons. The monoisotopic (exact) mass is 324 g/mol. The van der Waals surface area contributed by atoms with Crippen molar-refractivity contribution in [3.05, 3.63) is 44.4 Å². The van der Waals surface area contributed by atoms with Crippen LogP contribution >= 0.6 is 23.1 Å². The SMILES string of the molecule is Cc1cc(Sc2nc(C)c(CC(=O)O)s2)cc([N+](=O)[O-])c1. The van der Waals surface area contributed by atoms with Crippen molar-refractivity contribution < 1.29 is 14.8 Å². The Bertz CT molecular complexity index is 712. The van der Waals surface area contributed by atoms with Gasteiger partial charge in [0.25, 0.3) is 5.69 Å². The van der Waals surface area contributed by atoms with Crippen molar-refractivity contribution in [1.82, 2.24) is 4.98 Å². The molecule has 1 N–H and O–H groups in total. The van der Waals surface area contributed by atoms with E-state index in [-0.39, 0.29) is 12.1 Å². The lowest BCUT2D eigenvalue weighted by atomic mass is 10.2. The fourth-order valence-electron chi connectivity index (χ4n) is 1.74. The maximum absolute atomic E-state index is 10.9. The summed E-state index contributed by atoms with van der Waals surface area (Å²) in [4.78, 5) is 26.9. The minimum absolute atomic E-state index is 0.0385. The van der Waals surface area contributed by atoms with Crippen LogP contribution in [-0.4, -0.2) is 21.0 Å². The highest BCUT2D eigenvalue weighted by Gasteiger charge is 2.14. The highest BCUT2D eigenvalue weighted by Crippen LogP contribution is 2.35. The van der Waals surface area contributed by atoms with Crippen LogP contribution in [0.25, 0.3) is 0 Å². The molecule has 0 spiro atoms.